The molecule has 0 aliphatic carbocycles. The fourth-order valence-corrected chi connectivity index (χ4v) is 5.77. The number of nitrogens with two attached hydrogens (primary N) is 1. The molecule has 0 fully saturated rings. The highest BCUT2D eigenvalue weighted by atomic mass is 32.2. The zero-order valence-corrected chi connectivity index (χ0v) is 18.9. The SMILES string of the molecule is COc1c(Cc2cccc3ccccc23)c(N)c(=O)n2c1SC[C@@H]2N(C=O)c1ccccc1. The maximum atomic E-state index is 13.5. The fourth-order valence-electron chi connectivity index (χ4n) is 4.48. The molecule has 6 nitrogen and oxygen atoms in total. The lowest BCUT2D eigenvalue weighted by atomic mass is 9.97. The maximum absolute atomic E-state index is 13.5. The minimum atomic E-state index is -0.486. The second-order valence-electron chi connectivity index (χ2n) is 7.86. The van der Waals surface area contributed by atoms with Gasteiger partial charge in [0.05, 0.1) is 7.11 Å². The van der Waals surface area contributed by atoms with Crippen LogP contribution in [0.3, 0.4) is 0 Å². The Balaban J connectivity index is 1.63. The van der Waals surface area contributed by atoms with Crippen molar-refractivity contribution in [3.8, 4) is 5.75 Å². The summed E-state index contributed by atoms with van der Waals surface area (Å²) in [6.45, 7) is 0. The van der Waals surface area contributed by atoms with Crippen LogP contribution >= 0.6 is 11.8 Å². The third-order valence-corrected chi connectivity index (χ3v) is 7.19. The van der Waals surface area contributed by atoms with Crippen LogP contribution < -0.4 is 20.9 Å². The molecule has 0 saturated carbocycles. The van der Waals surface area contributed by atoms with Gasteiger partial charge in [-0.15, -0.1) is 11.8 Å². The zero-order valence-electron chi connectivity index (χ0n) is 18.1. The molecule has 166 valence electrons. The standard InChI is InChI=1S/C26H23N3O3S/c1-32-24-21(14-18-10-7-9-17-8-5-6-13-20(17)18)23(27)25(31)29-22(15-33-26(24)29)28(16-30)19-11-3-2-4-12-19/h2-13,16,22H,14-15,27H2,1H3/t22-/m1/s1. The van der Waals surface area contributed by atoms with Gasteiger partial charge < -0.3 is 10.5 Å². The number of para-hydroxylation sites is 1. The van der Waals surface area contributed by atoms with Crippen LogP contribution in [0.5, 0.6) is 5.75 Å². The van der Waals surface area contributed by atoms with E-state index < -0.39 is 6.17 Å². The molecular weight excluding hydrogens is 434 g/mol. The van der Waals surface area contributed by atoms with E-state index in [-0.39, 0.29) is 11.2 Å². The number of nitrogen functional groups attached to an aromatic ring is 1. The van der Waals surface area contributed by atoms with E-state index in [2.05, 4.69) is 18.2 Å². The number of carbonyl (C=O) groups excluding carboxylic acids is 1. The minimum absolute atomic E-state index is 0.148. The summed E-state index contributed by atoms with van der Waals surface area (Å²) in [5.74, 6) is 1.11. The van der Waals surface area contributed by atoms with Crippen molar-refractivity contribution < 1.29 is 9.53 Å². The van der Waals surface area contributed by atoms with E-state index in [0.29, 0.717) is 28.5 Å². The predicted octanol–water partition coefficient (Wildman–Crippen LogP) is 4.45. The number of nitrogens with zero attached hydrogens (tertiary/aromatic N) is 2. The van der Waals surface area contributed by atoms with E-state index in [4.69, 9.17) is 10.5 Å². The Hall–Kier alpha value is -3.71. The third-order valence-electron chi connectivity index (χ3n) is 6.07. The van der Waals surface area contributed by atoms with Gasteiger partial charge >= 0.3 is 0 Å². The van der Waals surface area contributed by atoms with E-state index in [0.717, 1.165) is 28.4 Å². The van der Waals surface area contributed by atoms with Gasteiger partial charge in [-0.25, -0.2) is 0 Å². The van der Waals surface area contributed by atoms with Crippen molar-refractivity contribution in [1.29, 1.82) is 0 Å². The van der Waals surface area contributed by atoms with E-state index in [1.54, 1.807) is 16.6 Å². The number of hydrogen-bond donors (Lipinski definition) is 1. The third kappa shape index (κ3) is 3.54. The Morgan fingerprint density at radius 1 is 1.09 bits per heavy atom. The quantitative estimate of drug-likeness (QED) is 0.433. The predicted molar refractivity (Wildman–Crippen MR) is 133 cm³/mol. The zero-order chi connectivity index (χ0) is 22.9. The van der Waals surface area contributed by atoms with Gasteiger partial charge in [0.2, 0.25) is 6.41 Å². The van der Waals surface area contributed by atoms with Crippen LogP contribution in [0, 0.1) is 0 Å². The topological polar surface area (TPSA) is 77.6 Å². The summed E-state index contributed by atoms with van der Waals surface area (Å²) in [5.41, 5.74) is 8.74. The van der Waals surface area contributed by atoms with E-state index in [1.807, 2.05) is 54.6 Å². The smallest absolute Gasteiger partial charge is 0.276 e. The lowest BCUT2D eigenvalue weighted by Gasteiger charge is -2.27. The molecule has 1 aliphatic rings. The number of benzene rings is 3. The average Bonchev–Trinajstić information content (AvgIpc) is 3.28. The summed E-state index contributed by atoms with van der Waals surface area (Å²) < 4.78 is 7.40. The Kier molecular flexibility index (Phi) is 5.56. The highest BCUT2D eigenvalue weighted by Crippen LogP contribution is 2.44. The van der Waals surface area contributed by atoms with Crippen molar-refractivity contribution in [2.75, 3.05) is 23.5 Å². The second-order valence-corrected chi connectivity index (χ2v) is 8.87. The van der Waals surface area contributed by atoms with Gasteiger partial charge in [0, 0.05) is 23.4 Å². The van der Waals surface area contributed by atoms with Crippen molar-refractivity contribution in [3.63, 3.8) is 0 Å². The van der Waals surface area contributed by atoms with Crippen LogP contribution in [-0.4, -0.2) is 23.8 Å². The summed E-state index contributed by atoms with van der Waals surface area (Å²) >= 11 is 1.50. The monoisotopic (exact) mass is 457 g/mol. The van der Waals surface area contributed by atoms with Crippen LogP contribution in [-0.2, 0) is 11.2 Å². The molecule has 3 aromatic carbocycles. The highest BCUT2D eigenvalue weighted by Gasteiger charge is 2.35. The van der Waals surface area contributed by atoms with Crippen LogP contribution in [0.25, 0.3) is 10.8 Å². The van der Waals surface area contributed by atoms with Crippen molar-refractivity contribution in [3.05, 3.63) is 94.3 Å². The molecular formula is C26H23N3O3S. The number of anilines is 2. The van der Waals surface area contributed by atoms with Gasteiger partial charge in [-0.05, 0) is 28.5 Å². The number of pyridine rings is 1. The molecule has 2 N–H and O–H groups in total. The second kappa shape index (κ2) is 8.67. The lowest BCUT2D eigenvalue weighted by molar-refractivity contribution is -0.108. The van der Waals surface area contributed by atoms with Gasteiger partial charge in [-0.3, -0.25) is 19.1 Å². The van der Waals surface area contributed by atoms with Gasteiger partial charge in [0.1, 0.15) is 16.9 Å². The van der Waals surface area contributed by atoms with Crippen molar-refractivity contribution in [2.24, 2.45) is 0 Å². The van der Waals surface area contributed by atoms with Crippen molar-refractivity contribution in [2.45, 2.75) is 17.6 Å². The summed E-state index contributed by atoms with van der Waals surface area (Å²) in [5, 5.41) is 2.94. The summed E-state index contributed by atoms with van der Waals surface area (Å²) in [7, 11) is 1.59. The summed E-state index contributed by atoms with van der Waals surface area (Å²) in [4.78, 5) is 27.1. The number of carbonyl (C=O) groups is 1. The fraction of sp³-hybridized carbons (Fsp3) is 0.154. The number of rotatable bonds is 6. The average molecular weight is 458 g/mol. The molecule has 2 heterocycles. The van der Waals surface area contributed by atoms with Crippen molar-refractivity contribution in [1.82, 2.24) is 4.57 Å². The molecule has 0 radical (unpaired) electrons. The molecule has 7 heteroatoms. The number of ether oxygens (including phenoxy) is 1. The van der Waals surface area contributed by atoms with Crippen LogP contribution in [0.15, 0.2) is 82.6 Å². The number of fused-ring (bicyclic) bond motifs is 2. The number of amides is 1. The molecule has 5 rings (SSSR count). The number of methoxy groups -OCH3 is 1. The molecule has 1 amide bonds. The Morgan fingerprint density at radius 3 is 2.58 bits per heavy atom. The molecule has 1 aromatic heterocycles. The van der Waals surface area contributed by atoms with Crippen LogP contribution in [0.1, 0.15) is 17.3 Å². The first kappa shape index (κ1) is 21.2. The first-order valence-corrected chi connectivity index (χ1v) is 11.6. The van der Waals surface area contributed by atoms with Gasteiger partial charge in [0.25, 0.3) is 5.56 Å². The summed E-state index contributed by atoms with van der Waals surface area (Å²) in [6, 6.07) is 23.6. The molecule has 1 atom stereocenters. The normalized spacial score (nSPS) is 14.8. The first-order valence-electron chi connectivity index (χ1n) is 10.6. The molecule has 0 bridgehead atoms. The summed E-state index contributed by atoms with van der Waals surface area (Å²) in [6.07, 6.45) is 0.746. The minimum Gasteiger partial charge on any atom is -0.494 e. The van der Waals surface area contributed by atoms with E-state index in [9.17, 15) is 9.59 Å². The van der Waals surface area contributed by atoms with E-state index >= 15 is 0 Å². The van der Waals surface area contributed by atoms with Crippen molar-refractivity contribution >= 4 is 40.3 Å². The molecule has 4 aromatic rings. The largest absolute Gasteiger partial charge is 0.494 e. The molecule has 0 unspecified atom stereocenters. The Bertz CT molecular complexity index is 1400. The molecule has 0 spiro atoms. The van der Waals surface area contributed by atoms with Crippen LogP contribution in [0.4, 0.5) is 11.4 Å². The lowest BCUT2D eigenvalue weighted by Crippen LogP contribution is -2.38. The number of aromatic nitrogens is 1. The maximum Gasteiger partial charge on any atom is 0.276 e. The Labute approximate surface area is 195 Å². The van der Waals surface area contributed by atoms with Gasteiger partial charge in [-0.2, -0.15) is 0 Å². The van der Waals surface area contributed by atoms with Gasteiger partial charge in [0.15, 0.2) is 5.75 Å². The van der Waals surface area contributed by atoms with E-state index in [1.165, 1.54) is 11.8 Å². The highest BCUT2D eigenvalue weighted by molar-refractivity contribution is 7.99. The number of thioether (sulfide) groups is 1. The van der Waals surface area contributed by atoms with Gasteiger partial charge in [-0.1, -0.05) is 60.7 Å². The molecule has 0 saturated heterocycles. The van der Waals surface area contributed by atoms with Crippen LogP contribution in [0.2, 0.25) is 0 Å². The molecule has 33 heavy (non-hydrogen) atoms. The number of hydrogen-bond acceptors (Lipinski definition) is 5. The Morgan fingerprint density at radius 2 is 1.82 bits per heavy atom. The first-order chi connectivity index (χ1) is 16.1. The molecule has 1 aliphatic heterocycles.